The number of methoxy groups -OCH3 is 1. The van der Waals surface area contributed by atoms with Crippen LogP contribution in [0.2, 0.25) is 0 Å². The van der Waals surface area contributed by atoms with Crippen LogP contribution in [0.15, 0.2) is 35.8 Å². The van der Waals surface area contributed by atoms with E-state index >= 15 is 0 Å². The van der Waals surface area contributed by atoms with Gasteiger partial charge in [0.1, 0.15) is 12.6 Å². The number of hydrogen-bond donors (Lipinski definition) is 1. The molecule has 0 unspecified atom stereocenters. The summed E-state index contributed by atoms with van der Waals surface area (Å²) in [7, 11) is 1.55. The summed E-state index contributed by atoms with van der Waals surface area (Å²) in [4.78, 5) is 16.6. The van der Waals surface area contributed by atoms with Gasteiger partial charge in [-0.05, 0) is 29.0 Å². The molecule has 1 N–H and O–H groups in total. The van der Waals surface area contributed by atoms with Crippen molar-refractivity contribution in [1.82, 2.24) is 25.2 Å². The van der Waals surface area contributed by atoms with Crippen LogP contribution in [-0.2, 0) is 14.3 Å². The van der Waals surface area contributed by atoms with Crippen LogP contribution in [0, 0.1) is 0 Å². The molecule has 120 valence electrons. The van der Waals surface area contributed by atoms with Crippen LogP contribution >= 0.6 is 0 Å². The Bertz CT molecular complexity index is 727. The van der Waals surface area contributed by atoms with Crippen molar-refractivity contribution >= 4 is 11.9 Å². The van der Waals surface area contributed by atoms with Crippen LogP contribution in [0.25, 0.3) is 0 Å². The summed E-state index contributed by atoms with van der Waals surface area (Å²) in [5, 5.41) is 14.6. The lowest BCUT2D eigenvalue weighted by atomic mass is 9.97. The number of pyridine rings is 1. The molecule has 0 saturated carbocycles. The molecule has 9 nitrogen and oxygen atoms in total. The first-order chi connectivity index (χ1) is 11.2. The summed E-state index contributed by atoms with van der Waals surface area (Å²) in [5.74, 6) is 0.0202. The molecule has 0 aromatic carbocycles. The van der Waals surface area contributed by atoms with Gasteiger partial charge in [-0.15, -0.1) is 0 Å². The molecule has 2 aromatic rings. The Morgan fingerprint density at radius 2 is 2.30 bits per heavy atom. The Morgan fingerprint density at radius 3 is 3.04 bits per heavy atom. The fourth-order valence-corrected chi connectivity index (χ4v) is 2.42. The van der Waals surface area contributed by atoms with E-state index in [9.17, 15) is 4.79 Å². The smallest absolute Gasteiger partial charge is 0.338 e. The van der Waals surface area contributed by atoms with Gasteiger partial charge in [-0.3, -0.25) is 4.98 Å². The first-order valence-electron chi connectivity index (χ1n) is 7.04. The molecule has 0 spiro atoms. The second kappa shape index (κ2) is 6.53. The van der Waals surface area contributed by atoms with Crippen LogP contribution in [0.4, 0.5) is 5.95 Å². The average Bonchev–Trinajstić information content (AvgIpc) is 3.02. The second-order valence-corrected chi connectivity index (χ2v) is 4.93. The maximum atomic E-state index is 12.5. The van der Waals surface area contributed by atoms with Crippen molar-refractivity contribution in [1.29, 1.82) is 0 Å². The van der Waals surface area contributed by atoms with Gasteiger partial charge in [-0.2, -0.15) is 4.68 Å². The van der Waals surface area contributed by atoms with E-state index in [-0.39, 0.29) is 6.61 Å². The van der Waals surface area contributed by atoms with Gasteiger partial charge >= 0.3 is 5.97 Å². The zero-order chi connectivity index (χ0) is 16.2. The maximum Gasteiger partial charge on any atom is 0.338 e. The number of allylic oxidation sites excluding steroid dienone is 1. The summed E-state index contributed by atoms with van der Waals surface area (Å²) in [6.45, 7) is 2.29. The third-order valence-electron chi connectivity index (χ3n) is 3.45. The van der Waals surface area contributed by atoms with Crippen LogP contribution in [0.5, 0.6) is 0 Å². The highest BCUT2D eigenvalue weighted by Gasteiger charge is 2.34. The number of tetrazole rings is 1. The number of carbonyl (C=O) groups excluding carboxylic acids is 1. The summed E-state index contributed by atoms with van der Waals surface area (Å²) in [6, 6.07) is 3.17. The van der Waals surface area contributed by atoms with Gasteiger partial charge in [0, 0.05) is 25.2 Å². The fourth-order valence-electron chi connectivity index (χ4n) is 2.42. The molecule has 1 aliphatic rings. The number of carbonyl (C=O) groups is 1. The molecule has 23 heavy (non-hydrogen) atoms. The van der Waals surface area contributed by atoms with E-state index in [1.54, 1.807) is 32.5 Å². The number of fused-ring (bicyclic) bond motifs is 1. The molecule has 3 rings (SSSR count). The summed E-state index contributed by atoms with van der Waals surface area (Å²) in [6.07, 6.45) is 3.34. The van der Waals surface area contributed by atoms with E-state index in [1.165, 1.54) is 4.68 Å². The molecule has 1 aliphatic heterocycles. The van der Waals surface area contributed by atoms with E-state index in [4.69, 9.17) is 9.47 Å². The van der Waals surface area contributed by atoms with E-state index in [2.05, 4.69) is 25.8 Å². The molecule has 0 saturated heterocycles. The molecule has 3 heterocycles. The quantitative estimate of drug-likeness (QED) is 0.630. The van der Waals surface area contributed by atoms with Crippen molar-refractivity contribution in [2.75, 3.05) is 25.6 Å². The minimum Gasteiger partial charge on any atom is -0.460 e. The maximum absolute atomic E-state index is 12.5. The van der Waals surface area contributed by atoms with Crippen LogP contribution in [0.3, 0.4) is 0 Å². The third kappa shape index (κ3) is 2.90. The first-order valence-corrected chi connectivity index (χ1v) is 7.04. The Balaban J connectivity index is 1.99. The van der Waals surface area contributed by atoms with Crippen molar-refractivity contribution in [3.8, 4) is 0 Å². The van der Waals surface area contributed by atoms with Gasteiger partial charge in [0.15, 0.2) is 0 Å². The standard InChI is InChI=1S/C14H16N6O3/c1-9-11(13(21)23-7-6-22-2)12(10-4-3-5-15-8-10)20-14(16-9)17-18-19-20/h3-5,8,12H,6-7H2,1-2H3,(H,16,17,19)/t12-/m0/s1. The lowest BCUT2D eigenvalue weighted by Crippen LogP contribution is -2.30. The Kier molecular flexibility index (Phi) is 4.29. The first kappa shape index (κ1) is 15.1. The van der Waals surface area contributed by atoms with E-state index < -0.39 is 12.0 Å². The molecule has 0 amide bonds. The molecule has 2 aromatic heterocycles. The van der Waals surface area contributed by atoms with Crippen LogP contribution in [-0.4, -0.2) is 51.5 Å². The lowest BCUT2D eigenvalue weighted by Gasteiger charge is -2.27. The van der Waals surface area contributed by atoms with Crippen molar-refractivity contribution in [3.05, 3.63) is 41.4 Å². The topological polar surface area (TPSA) is 104 Å². The number of ether oxygens (including phenoxy) is 2. The average molecular weight is 316 g/mol. The number of nitrogens with zero attached hydrogens (tertiary/aromatic N) is 5. The zero-order valence-corrected chi connectivity index (χ0v) is 12.8. The Morgan fingerprint density at radius 1 is 1.43 bits per heavy atom. The number of hydrogen-bond acceptors (Lipinski definition) is 8. The van der Waals surface area contributed by atoms with Gasteiger partial charge in [-0.1, -0.05) is 11.2 Å². The SMILES string of the molecule is COCCOC(=O)C1=C(C)Nc2nnnn2[C@H]1c1cccnc1. The van der Waals surface area contributed by atoms with E-state index in [0.717, 1.165) is 5.56 Å². The van der Waals surface area contributed by atoms with E-state index in [1.807, 2.05) is 6.07 Å². The predicted molar refractivity (Wildman–Crippen MR) is 79.4 cm³/mol. The minimum absolute atomic E-state index is 0.175. The van der Waals surface area contributed by atoms with Crippen molar-refractivity contribution in [3.63, 3.8) is 0 Å². The van der Waals surface area contributed by atoms with Crippen LogP contribution < -0.4 is 5.32 Å². The van der Waals surface area contributed by atoms with Crippen molar-refractivity contribution < 1.29 is 14.3 Å². The minimum atomic E-state index is -0.495. The number of esters is 1. The van der Waals surface area contributed by atoms with Gasteiger partial charge in [0.2, 0.25) is 5.95 Å². The molecular weight excluding hydrogens is 300 g/mol. The lowest BCUT2D eigenvalue weighted by molar-refractivity contribution is -0.140. The van der Waals surface area contributed by atoms with Gasteiger partial charge in [0.05, 0.1) is 12.2 Å². The van der Waals surface area contributed by atoms with Crippen molar-refractivity contribution in [2.45, 2.75) is 13.0 Å². The highest BCUT2D eigenvalue weighted by Crippen LogP contribution is 2.34. The van der Waals surface area contributed by atoms with Crippen LogP contribution in [0.1, 0.15) is 18.5 Å². The molecule has 0 aliphatic carbocycles. The predicted octanol–water partition coefficient (Wildman–Crippen LogP) is 0.547. The summed E-state index contributed by atoms with van der Waals surface area (Å²) < 4.78 is 11.7. The highest BCUT2D eigenvalue weighted by molar-refractivity contribution is 5.92. The fraction of sp³-hybridized carbons (Fsp3) is 0.357. The molecule has 0 bridgehead atoms. The Labute approximate surface area is 132 Å². The monoisotopic (exact) mass is 316 g/mol. The number of nitrogens with one attached hydrogen (secondary N) is 1. The molecule has 9 heteroatoms. The van der Waals surface area contributed by atoms with E-state index in [0.29, 0.717) is 23.8 Å². The summed E-state index contributed by atoms with van der Waals surface area (Å²) >= 11 is 0. The third-order valence-corrected chi connectivity index (χ3v) is 3.45. The Hall–Kier alpha value is -2.81. The largest absolute Gasteiger partial charge is 0.460 e. The van der Waals surface area contributed by atoms with Gasteiger partial charge < -0.3 is 14.8 Å². The molecule has 0 fully saturated rings. The molecular formula is C14H16N6O3. The summed E-state index contributed by atoms with van der Waals surface area (Å²) in [5.41, 5.74) is 1.87. The number of aromatic nitrogens is 5. The van der Waals surface area contributed by atoms with Gasteiger partial charge in [0.25, 0.3) is 0 Å². The van der Waals surface area contributed by atoms with Gasteiger partial charge in [-0.25, -0.2) is 4.79 Å². The molecule has 1 atom stereocenters. The normalized spacial score (nSPS) is 16.7. The zero-order valence-electron chi connectivity index (χ0n) is 12.8. The number of anilines is 1. The second-order valence-electron chi connectivity index (χ2n) is 4.93. The highest BCUT2D eigenvalue weighted by atomic mass is 16.6. The number of rotatable bonds is 5. The van der Waals surface area contributed by atoms with Crippen molar-refractivity contribution in [2.24, 2.45) is 0 Å². The molecule has 0 radical (unpaired) electrons.